The summed E-state index contributed by atoms with van der Waals surface area (Å²) in [6.45, 7) is 4.64. The molecule has 1 aliphatic carbocycles. The summed E-state index contributed by atoms with van der Waals surface area (Å²) in [5.74, 6) is 0. The Morgan fingerprint density at radius 2 is 2.00 bits per heavy atom. The van der Waals surface area contributed by atoms with Crippen molar-refractivity contribution in [3.63, 3.8) is 0 Å². The molecule has 0 saturated heterocycles. The highest BCUT2D eigenvalue weighted by Crippen LogP contribution is 2.46. The lowest BCUT2D eigenvalue weighted by Gasteiger charge is -2.39. The average molecular weight is 233 g/mol. The molecule has 1 aromatic heterocycles. The molecule has 0 amide bonds. The van der Waals surface area contributed by atoms with Gasteiger partial charge in [0.25, 0.3) is 0 Å². The first-order valence-corrected chi connectivity index (χ1v) is 6.87. The van der Waals surface area contributed by atoms with Crippen molar-refractivity contribution in [2.24, 2.45) is 10.8 Å². The highest BCUT2D eigenvalue weighted by Gasteiger charge is 2.38. The summed E-state index contributed by atoms with van der Waals surface area (Å²) < 4.78 is 0. The second-order valence-corrected chi connectivity index (χ2v) is 6.84. The van der Waals surface area contributed by atoms with Gasteiger partial charge in [-0.25, -0.2) is 0 Å². The maximum Gasteiger partial charge on any atom is 0.0693 e. The fourth-order valence-corrected chi connectivity index (χ4v) is 3.33. The Morgan fingerprint density at radius 1 is 1.31 bits per heavy atom. The third-order valence-electron chi connectivity index (χ3n) is 3.89. The number of rotatable bonds is 2. The molecule has 0 spiro atoms. The van der Waals surface area contributed by atoms with E-state index >= 15 is 0 Å². The van der Waals surface area contributed by atoms with Crippen LogP contribution in [-0.2, 0) is 6.42 Å². The SMILES string of the molecule is CC1(C)CCC(C#N)(Cc2cccs2)CC1. The highest BCUT2D eigenvalue weighted by atomic mass is 32.1. The molecule has 0 atom stereocenters. The average Bonchev–Trinajstić information content (AvgIpc) is 2.74. The molecule has 0 N–H and O–H groups in total. The van der Waals surface area contributed by atoms with Gasteiger partial charge < -0.3 is 0 Å². The molecule has 0 aliphatic heterocycles. The number of nitriles is 1. The minimum Gasteiger partial charge on any atom is -0.198 e. The van der Waals surface area contributed by atoms with Crippen LogP contribution in [0.3, 0.4) is 0 Å². The van der Waals surface area contributed by atoms with Crippen molar-refractivity contribution in [1.82, 2.24) is 0 Å². The molecule has 0 aromatic carbocycles. The van der Waals surface area contributed by atoms with Crippen LogP contribution in [0.1, 0.15) is 44.4 Å². The molecule has 0 bridgehead atoms. The molecule has 2 rings (SSSR count). The van der Waals surface area contributed by atoms with Crippen molar-refractivity contribution in [2.75, 3.05) is 0 Å². The molecular formula is C14H19NS. The maximum atomic E-state index is 9.47. The minimum atomic E-state index is -0.0830. The van der Waals surface area contributed by atoms with Crippen molar-refractivity contribution in [3.8, 4) is 6.07 Å². The van der Waals surface area contributed by atoms with Crippen molar-refractivity contribution in [1.29, 1.82) is 5.26 Å². The van der Waals surface area contributed by atoms with Gasteiger partial charge in [0.15, 0.2) is 0 Å². The molecule has 0 unspecified atom stereocenters. The van der Waals surface area contributed by atoms with Crippen LogP contribution in [0.25, 0.3) is 0 Å². The molecular weight excluding hydrogens is 214 g/mol. The van der Waals surface area contributed by atoms with Gasteiger partial charge in [0.1, 0.15) is 0 Å². The Labute approximate surface area is 102 Å². The zero-order valence-corrected chi connectivity index (χ0v) is 10.9. The minimum absolute atomic E-state index is 0.0830. The normalized spacial score (nSPS) is 22.6. The van der Waals surface area contributed by atoms with E-state index in [9.17, 15) is 5.26 Å². The molecule has 1 aromatic rings. The lowest BCUT2D eigenvalue weighted by atomic mass is 9.64. The monoisotopic (exact) mass is 233 g/mol. The van der Waals surface area contributed by atoms with Gasteiger partial charge in [-0.05, 0) is 42.5 Å². The van der Waals surface area contributed by atoms with E-state index in [0.717, 1.165) is 19.3 Å². The van der Waals surface area contributed by atoms with E-state index in [0.29, 0.717) is 5.41 Å². The Morgan fingerprint density at radius 3 is 2.50 bits per heavy atom. The van der Waals surface area contributed by atoms with Crippen LogP contribution in [-0.4, -0.2) is 0 Å². The summed E-state index contributed by atoms with van der Waals surface area (Å²) in [5.41, 5.74) is 0.357. The van der Waals surface area contributed by atoms with E-state index in [1.54, 1.807) is 11.3 Å². The van der Waals surface area contributed by atoms with Gasteiger partial charge in [-0.1, -0.05) is 19.9 Å². The Kier molecular flexibility index (Phi) is 3.08. The topological polar surface area (TPSA) is 23.8 Å². The van der Waals surface area contributed by atoms with Crippen LogP contribution in [0.2, 0.25) is 0 Å². The predicted octanol–water partition coefficient (Wildman–Crippen LogP) is 4.40. The molecule has 1 aliphatic rings. The number of thiophene rings is 1. The van der Waals surface area contributed by atoms with E-state index in [1.807, 2.05) is 0 Å². The predicted molar refractivity (Wildman–Crippen MR) is 68.3 cm³/mol. The van der Waals surface area contributed by atoms with Crippen LogP contribution < -0.4 is 0 Å². The number of hydrogen-bond donors (Lipinski definition) is 0. The Bertz CT molecular complexity index is 373. The molecule has 1 heterocycles. The van der Waals surface area contributed by atoms with E-state index in [1.165, 1.54) is 17.7 Å². The first-order valence-electron chi connectivity index (χ1n) is 5.99. The molecule has 0 radical (unpaired) electrons. The first kappa shape index (κ1) is 11.7. The number of hydrogen-bond acceptors (Lipinski definition) is 2. The van der Waals surface area contributed by atoms with E-state index in [2.05, 4.69) is 37.4 Å². The molecule has 1 saturated carbocycles. The number of nitrogens with zero attached hydrogens (tertiary/aromatic N) is 1. The van der Waals surface area contributed by atoms with Gasteiger partial charge in [0, 0.05) is 11.3 Å². The standard InChI is InChI=1S/C14H19NS/c1-13(2)5-7-14(11-15,8-6-13)10-12-4-3-9-16-12/h3-4,9H,5-8,10H2,1-2H3. The third kappa shape index (κ3) is 2.47. The van der Waals surface area contributed by atoms with E-state index < -0.39 is 0 Å². The first-order chi connectivity index (χ1) is 7.55. The van der Waals surface area contributed by atoms with Crippen LogP contribution in [0.15, 0.2) is 17.5 Å². The molecule has 1 nitrogen and oxygen atoms in total. The fourth-order valence-electron chi connectivity index (χ4n) is 2.48. The summed E-state index contributed by atoms with van der Waals surface area (Å²) in [4.78, 5) is 1.36. The van der Waals surface area contributed by atoms with Gasteiger partial charge in [0.05, 0.1) is 11.5 Å². The summed E-state index contributed by atoms with van der Waals surface area (Å²) in [5, 5.41) is 11.6. The van der Waals surface area contributed by atoms with Crippen molar-refractivity contribution in [2.45, 2.75) is 46.0 Å². The molecule has 86 valence electrons. The van der Waals surface area contributed by atoms with Crippen molar-refractivity contribution < 1.29 is 0 Å². The van der Waals surface area contributed by atoms with Gasteiger partial charge in [-0.2, -0.15) is 5.26 Å². The largest absolute Gasteiger partial charge is 0.198 e. The summed E-state index contributed by atoms with van der Waals surface area (Å²) in [6, 6.07) is 6.84. The maximum absolute atomic E-state index is 9.47. The molecule has 16 heavy (non-hydrogen) atoms. The Hall–Kier alpha value is -0.810. The summed E-state index contributed by atoms with van der Waals surface area (Å²) in [6.07, 6.45) is 5.46. The van der Waals surface area contributed by atoms with Crippen molar-refractivity contribution in [3.05, 3.63) is 22.4 Å². The second-order valence-electron chi connectivity index (χ2n) is 5.81. The summed E-state index contributed by atoms with van der Waals surface area (Å²) in [7, 11) is 0. The molecule has 1 fully saturated rings. The fraction of sp³-hybridized carbons (Fsp3) is 0.643. The quantitative estimate of drug-likeness (QED) is 0.742. The lowest BCUT2D eigenvalue weighted by Crippen LogP contribution is -2.31. The van der Waals surface area contributed by atoms with Crippen LogP contribution in [0.4, 0.5) is 0 Å². The van der Waals surface area contributed by atoms with Gasteiger partial charge in [0.2, 0.25) is 0 Å². The van der Waals surface area contributed by atoms with Crippen molar-refractivity contribution >= 4 is 11.3 Å². The summed E-state index contributed by atoms with van der Waals surface area (Å²) >= 11 is 1.78. The van der Waals surface area contributed by atoms with Gasteiger partial charge in [-0.15, -0.1) is 11.3 Å². The molecule has 2 heteroatoms. The zero-order chi connectivity index (χ0) is 11.6. The van der Waals surface area contributed by atoms with Crippen LogP contribution >= 0.6 is 11.3 Å². The Balaban J connectivity index is 2.08. The smallest absolute Gasteiger partial charge is 0.0693 e. The third-order valence-corrected chi connectivity index (χ3v) is 4.77. The van der Waals surface area contributed by atoms with E-state index in [-0.39, 0.29) is 5.41 Å². The van der Waals surface area contributed by atoms with Gasteiger partial charge in [-0.3, -0.25) is 0 Å². The lowest BCUT2D eigenvalue weighted by molar-refractivity contribution is 0.146. The van der Waals surface area contributed by atoms with Crippen LogP contribution in [0, 0.1) is 22.2 Å². The zero-order valence-electron chi connectivity index (χ0n) is 10.1. The highest BCUT2D eigenvalue weighted by molar-refractivity contribution is 7.09. The van der Waals surface area contributed by atoms with E-state index in [4.69, 9.17) is 0 Å². The van der Waals surface area contributed by atoms with Crippen LogP contribution in [0.5, 0.6) is 0 Å². The van der Waals surface area contributed by atoms with Gasteiger partial charge >= 0.3 is 0 Å². The second kappa shape index (κ2) is 4.22.